The molecule has 0 aromatic heterocycles. The van der Waals surface area contributed by atoms with E-state index in [2.05, 4.69) is 13.0 Å². The van der Waals surface area contributed by atoms with Gasteiger partial charge in [-0.2, -0.15) is 0 Å². The normalized spacial score (nSPS) is 38.1. The zero-order valence-corrected chi connectivity index (χ0v) is 7.08. The number of aliphatic hydroxyl groups is 1. The van der Waals surface area contributed by atoms with Crippen LogP contribution in [0.25, 0.3) is 0 Å². The lowest BCUT2D eigenvalue weighted by atomic mass is 10.1. The second-order valence-electron chi connectivity index (χ2n) is 3.66. The maximum Gasteiger partial charge on any atom is 0.140 e. The first kappa shape index (κ1) is 8.58. The molecular formula is C9H16NO+. The number of terminal acetylenes is 1. The fourth-order valence-corrected chi connectivity index (χ4v) is 1.56. The Morgan fingerprint density at radius 3 is 2.55 bits per heavy atom. The molecule has 1 saturated heterocycles. The Kier molecular flexibility index (Phi) is 2.53. The highest BCUT2D eigenvalue weighted by atomic mass is 16.3. The Labute approximate surface area is 68.4 Å². The van der Waals surface area contributed by atoms with Gasteiger partial charge in [-0.15, -0.1) is 6.42 Å². The summed E-state index contributed by atoms with van der Waals surface area (Å²) in [5.41, 5.74) is 0. The minimum absolute atomic E-state index is 0.0843. The first-order valence-electron chi connectivity index (χ1n) is 4.11. The predicted molar refractivity (Wildman–Crippen MR) is 44.9 cm³/mol. The third kappa shape index (κ3) is 2.21. The first-order valence-corrected chi connectivity index (χ1v) is 4.11. The van der Waals surface area contributed by atoms with Crippen LogP contribution in [0, 0.1) is 12.3 Å². The molecule has 0 saturated carbocycles. The number of hydrogen-bond acceptors (Lipinski definition) is 1. The van der Waals surface area contributed by atoms with Crippen LogP contribution in [-0.4, -0.2) is 42.4 Å². The Hall–Kier alpha value is -0.520. The zero-order chi connectivity index (χ0) is 8.32. The molecule has 1 fully saturated rings. The minimum Gasteiger partial charge on any atom is -0.393 e. The van der Waals surface area contributed by atoms with Crippen LogP contribution in [0.3, 0.4) is 0 Å². The van der Waals surface area contributed by atoms with Crippen molar-refractivity contribution in [2.45, 2.75) is 18.9 Å². The van der Waals surface area contributed by atoms with Crippen molar-refractivity contribution in [2.24, 2.45) is 0 Å². The van der Waals surface area contributed by atoms with Gasteiger partial charge in [0, 0.05) is 12.8 Å². The van der Waals surface area contributed by atoms with E-state index in [0.29, 0.717) is 0 Å². The molecule has 1 aliphatic rings. The molecule has 11 heavy (non-hydrogen) atoms. The average Bonchev–Trinajstić information content (AvgIpc) is 1.97. The second-order valence-corrected chi connectivity index (χ2v) is 3.66. The molecule has 0 aromatic carbocycles. The summed E-state index contributed by atoms with van der Waals surface area (Å²) in [5.74, 6) is 2.68. The largest absolute Gasteiger partial charge is 0.393 e. The summed E-state index contributed by atoms with van der Waals surface area (Å²) < 4.78 is 0.938. The van der Waals surface area contributed by atoms with Gasteiger partial charge in [0.15, 0.2) is 0 Å². The highest BCUT2D eigenvalue weighted by molar-refractivity contribution is 4.84. The quantitative estimate of drug-likeness (QED) is 0.423. The van der Waals surface area contributed by atoms with Crippen LogP contribution in [-0.2, 0) is 0 Å². The third-order valence-electron chi connectivity index (χ3n) is 2.48. The molecule has 0 radical (unpaired) electrons. The van der Waals surface area contributed by atoms with Gasteiger partial charge in [-0.3, -0.25) is 0 Å². The molecule has 0 amide bonds. The van der Waals surface area contributed by atoms with Crippen LogP contribution < -0.4 is 0 Å². The number of rotatable bonds is 1. The van der Waals surface area contributed by atoms with Gasteiger partial charge in [-0.1, -0.05) is 0 Å². The molecule has 0 aliphatic carbocycles. The smallest absolute Gasteiger partial charge is 0.140 e. The van der Waals surface area contributed by atoms with E-state index < -0.39 is 0 Å². The number of nitrogens with zero attached hydrogens (tertiary/aromatic N) is 1. The molecule has 0 aromatic rings. The zero-order valence-electron chi connectivity index (χ0n) is 7.08. The number of piperidine rings is 1. The van der Waals surface area contributed by atoms with Gasteiger partial charge in [-0.25, -0.2) is 0 Å². The number of aliphatic hydroxyl groups excluding tert-OH is 1. The summed E-state index contributed by atoms with van der Waals surface area (Å²) in [6.07, 6.45) is 6.97. The highest BCUT2D eigenvalue weighted by Gasteiger charge is 2.27. The van der Waals surface area contributed by atoms with Crippen LogP contribution in [0.15, 0.2) is 0 Å². The molecule has 2 heteroatoms. The highest BCUT2D eigenvalue weighted by Crippen LogP contribution is 2.15. The molecule has 1 N–H and O–H groups in total. The van der Waals surface area contributed by atoms with E-state index in [0.717, 1.165) is 37.0 Å². The fourth-order valence-electron chi connectivity index (χ4n) is 1.56. The van der Waals surface area contributed by atoms with Crippen LogP contribution in [0.5, 0.6) is 0 Å². The van der Waals surface area contributed by atoms with Gasteiger partial charge in [0.1, 0.15) is 6.54 Å². The van der Waals surface area contributed by atoms with Crippen LogP contribution in [0.2, 0.25) is 0 Å². The van der Waals surface area contributed by atoms with Gasteiger partial charge in [-0.05, 0) is 5.92 Å². The van der Waals surface area contributed by atoms with Gasteiger partial charge in [0.2, 0.25) is 0 Å². The maximum absolute atomic E-state index is 9.25. The molecule has 0 spiro atoms. The monoisotopic (exact) mass is 154 g/mol. The third-order valence-corrected chi connectivity index (χ3v) is 2.48. The van der Waals surface area contributed by atoms with E-state index in [1.54, 1.807) is 0 Å². The Bertz CT molecular complexity index is 163. The number of quaternary nitrogens is 1. The Balaban J connectivity index is 2.43. The molecule has 62 valence electrons. The summed E-state index contributed by atoms with van der Waals surface area (Å²) in [6, 6.07) is 0. The summed E-state index contributed by atoms with van der Waals surface area (Å²) in [5, 5.41) is 9.25. The maximum atomic E-state index is 9.25. The molecule has 0 unspecified atom stereocenters. The lowest BCUT2D eigenvalue weighted by molar-refractivity contribution is -0.908. The summed E-state index contributed by atoms with van der Waals surface area (Å²) >= 11 is 0. The Morgan fingerprint density at radius 1 is 1.55 bits per heavy atom. The van der Waals surface area contributed by atoms with E-state index in [1.807, 2.05) is 0 Å². The molecule has 0 bridgehead atoms. The van der Waals surface area contributed by atoms with E-state index >= 15 is 0 Å². The summed E-state index contributed by atoms with van der Waals surface area (Å²) in [6.45, 7) is 2.84. The molecule has 0 atom stereocenters. The molecule has 2 nitrogen and oxygen atoms in total. The summed E-state index contributed by atoms with van der Waals surface area (Å²) in [4.78, 5) is 0. The van der Waals surface area contributed by atoms with Gasteiger partial charge < -0.3 is 9.59 Å². The molecule has 1 heterocycles. The van der Waals surface area contributed by atoms with Crippen LogP contribution >= 0.6 is 0 Å². The van der Waals surface area contributed by atoms with Crippen molar-refractivity contribution >= 4 is 0 Å². The van der Waals surface area contributed by atoms with Crippen molar-refractivity contribution in [1.29, 1.82) is 0 Å². The average molecular weight is 154 g/mol. The fraction of sp³-hybridized carbons (Fsp3) is 0.778. The van der Waals surface area contributed by atoms with Crippen molar-refractivity contribution in [2.75, 3.05) is 26.7 Å². The topological polar surface area (TPSA) is 20.2 Å². The first-order chi connectivity index (χ1) is 5.16. The minimum atomic E-state index is -0.0843. The van der Waals surface area contributed by atoms with Crippen molar-refractivity contribution in [3.05, 3.63) is 0 Å². The summed E-state index contributed by atoms with van der Waals surface area (Å²) in [7, 11) is 2.16. The van der Waals surface area contributed by atoms with Gasteiger partial charge in [0.25, 0.3) is 0 Å². The molecular weight excluding hydrogens is 138 g/mol. The number of likely N-dealkylation sites (tertiary alicyclic amines) is 1. The molecule has 1 aliphatic heterocycles. The van der Waals surface area contributed by atoms with E-state index in [-0.39, 0.29) is 6.10 Å². The second kappa shape index (κ2) is 3.25. The van der Waals surface area contributed by atoms with Crippen LogP contribution in [0.1, 0.15) is 12.8 Å². The van der Waals surface area contributed by atoms with Gasteiger partial charge >= 0.3 is 0 Å². The van der Waals surface area contributed by atoms with Crippen molar-refractivity contribution in [3.8, 4) is 12.3 Å². The lowest BCUT2D eigenvalue weighted by Gasteiger charge is -2.37. The SMILES string of the molecule is C#CC[N+]1(C)CCC(O)CC1. The van der Waals surface area contributed by atoms with E-state index in [9.17, 15) is 5.11 Å². The van der Waals surface area contributed by atoms with Gasteiger partial charge in [0.05, 0.1) is 26.2 Å². The van der Waals surface area contributed by atoms with Crippen molar-refractivity contribution in [1.82, 2.24) is 0 Å². The number of hydrogen-bond donors (Lipinski definition) is 1. The Morgan fingerprint density at radius 2 is 2.09 bits per heavy atom. The van der Waals surface area contributed by atoms with Crippen molar-refractivity contribution < 1.29 is 9.59 Å². The van der Waals surface area contributed by atoms with Crippen molar-refractivity contribution in [3.63, 3.8) is 0 Å². The predicted octanol–water partition coefficient (Wildman–Crippen LogP) is 0.221. The standard InChI is InChI=1S/C9H16NO/c1-3-6-10(2)7-4-9(11)5-8-10/h1,9,11H,4-8H2,2H3/q+1. The lowest BCUT2D eigenvalue weighted by Crippen LogP contribution is -2.50. The van der Waals surface area contributed by atoms with E-state index in [4.69, 9.17) is 6.42 Å². The van der Waals surface area contributed by atoms with E-state index in [1.165, 1.54) is 0 Å². The molecule has 1 rings (SSSR count). The van der Waals surface area contributed by atoms with Crippen LogP contribution in [0.4, 0.5) is 0 Å².